The molecular formula is C6H15Cl2N3. The van der Waals surface area contributed by atoms with E-state index in [1.807, 2.05) is 0 Å². The predicted molar refractivity (Wildman–Crippen MR) is 50.4 cm³/mol. The maximum Gasteiger partial charge on any atom is 0.0278 e. The van der Waals surface area contributed by atoms with Crippen molar-refractivity contribution in [3.05, 3.63) is 0 Å². The van der Waals surface area contributed by atoms with E-state index in [0.29, 0.717) is 0 Å². The van der Waals surface area contributed by atoms with Crippen LogP contribution in [0.25, 0.3) is 0 Å². The van der Waals surface area contributed by atoms with Crippen LogP contribution in [0.4, 0.5) is 0 Å². The Labute approximate surface area is 79.5 Å². The van der Waals surface area contributed by atoms with Crippen molar-refractivity contribution in [1.82, 2.24) is 16.2 Å². The summed E-state index contributed by atoms with van der Waals surface area (Å²) in [6.07, 6.45) is 1.28. The highest BCUT2D eigenvalue weighted by molar-refractivity contribution is 5.85. The first-order valence-corrected chi connectivity index (χ1v) is 3.66. The lowest BCUT2D eigenvalue weighted by Gasteiger charge is -2.24. The molecule has 3 nitrogen and oxygen atoms in total. The number of hydrogen-bond acceptors (Lipinski definition) is 3. The van der Waals surface area contributed by atoms with Crippen LogP contribution in [-0.2, 0) is 0 Å². The van der Waals surface area contributed by atoms with E-state index in [2.05, 4.69) is 16.2 Å². The first kappa shape index (κ1) is 11.5. The Morgan fingerprint density at radius 2 is 1.91 bits per heavy atom. The molecule has 0 aromatic carbocycles. The third kappa shape index (κ3) is 2.46. The average Bonchev–Trinajstić information content (AvgIpc) is 2.33. The zero-order valence-electron chi connectivity index (χ0n) is 6.30. The molecule has 0 radical (unpaired) electrons. The number of hydrazine groups is 1. The minimum Gasteiger partial charge on any atom is -0.316 e. The first-order chi connectivity index (χ1) is 4.47. The summed E-state index contributed by atoms with van der Waals surface area (Å²) in [6, 6.07) is 0.742. The summed E-state index contributed by atoms with van der Waals surface area (Å²) in [4.78, 5) is 0. The highest BCUT2D eigenvalue weighted by atomic mass is 35.5. The van der Waals surface area contributed by atoms with Crippen LogP contribution in [0.2, 0.25) is 0 Å². The molecule has 2 unspecified atom stereocenters. The molecule has 11 heavy (non-hydrogen) atoms. The number of nitrogens with one attached hydrogen (secondary N) is 3. The molecule has 2 aliphatic rings. The van der Waals surface area contributed by atoms with Crippen molar-refractivity contribution in [1.29, 1.82) is 0 Å². The Morgan fingerprint density at radius 3 is 2.64 bits per heavy atom. The van der Waals surface area contributed by atoms with Gasteiger partial charge in [-0.1, -0.05) is 0 Å². The summed E-state index contributed by atoms with van der Waals surface area (Å²) >= 11 is 0. The molecule has 0 saturated carbocycles. The fourth-order valence-corrected chi connectivity index (χ4v) is 1.65. The fourth-order valence-electron chi connectivity index (χ4n) is 1.65. The SMILES string of the molecule is C1CC2NNCC2CN1.Cl.Cl. The molecule has 2 fully saturated rings. The number of halogens is 2. The van der Waals surface area contributed by atoms with E-state index < -0.39 is 0 Å². The van der Waals surface area contributed by atoms with Crippen LogP contribution in [0, 0.1) is 5.92 Å². The molecule has 2 rings (SSSR count). The van der Waals surface area contributed by atoms with Crippen molar-refractivity contribution in [2.75, 3.05) is 19.6 Å². The molecule has 0 spiro atoms. The van der Waals surface area contributed by atoms with Gasteiger partial charge in [-0.25, -0.2) is 0 Å². The van der Waals surface area contributed by atoms with Crippen LogP contribution in [0.3, 0.4) is 0 Å². The maximum atomic E-state index is 3.38. The van der Waals surface area contributed by atoms with Crippen molar-refractivity contribution in [2.45, 2.75) is 12.5 Å². The van der Waals surface area contributed by atoms with Gasteiger partial charge in [0.15, 0.2) is 0 Å². The van der Waals surface area contributed by atoms with Gasteiger partial charge in [0.2, 0.25) is 0 Å². The van der Waals surface area contributed by atoms with Gasteiger partial charge in [-0.3, -0.25) is 10.9 Å². The van der Waals surface area contributed by atoms with E-state index in [4.69, 9.17) is 0 Å². The highest BCUT2D eigenvalue weighted by Crippen LogP contribution is 2.12. The van der Waals surface area contributed by atoms with Crippen LogP contribution in [-0.4, -0.2) is 25.7 Å². The van der Waals surface area contributed by atoms with Gasteiger partial charge in [0.1, 0.15) is 0 Å². The van der Waals surface area contributed by atoms with Crippen molar-refractivity contribution in [3.8, 4) is 0 Å². The second-order valence-corrected chi connectivity index (χ2v) is 2.88. The third-order valence-electron chi connectivity index (χ3n) is 2.26. The van der Waals surface area contributed by atoms with Gasteiger partial charge in [-0.2, -0.15) is 0 Å². The second-order valence-electron chi connectivity index (χ2n) is 2.88. The van der Waals surface area contributed by atoms with E-state index in [-0.39, 0.29) is 24.8 Å². The summed E-state index contributed by atoms with van der Waals surface area (Å²) in [7, 11) is 0. The van der Waals surface area contributed by atoms with E-state index in [0.717, 1.165) is 18.5 Å². The highest BCUT2D eigenvalue weighted by Gasteiger charge is 2.28. The minimum atomic E-state index is 0. The van der Waals surface area contributed by atoms with E-state index >= 15 is 0 Å². The molecular weight excluding hydrogens is 185 g/mol. The molecule has 2 saturated heterocycles. The third-order valence-corrected chi connectivity index (χ3v) is 2.26. The topological polar surface area (TPSA) is 36.1 Å². The molecule has 0 aromatic rings. The lowest BCUT2D eigenvalue weighted by Crippen LogP contribution is -2.42. The van der Waals surface area contributed by atoms with Gasteiger partial charge in [0, 0.05) is 25.0 Å². The van der Waals surface area contributed by atoms with E-state index in [1.165, 1.54) is 19.5 Å². The Hall–Kier alpha value is 0.460. The standard InChI is InChI=1S/C6H13N3.2ClH/c1-2-7-3-5-4-8-9-6(1)5;;/h5-9H,1-4H2;2*1H. The molecule has 0 amide bonds. The van der Waals surface area contributed by atoms with Gasteiger partial charge in [-0.05, 0) is 13.0 Å². The van der Waals surface area contributed by atoms with Gasteiger partial charge in [-0.15, -0.1) is 24.8 Å². The summed E-state index contributed by atoms with van der Waals surface area (Å²) < 4.78 is 0. The number of fused-ring (bicyclic) bond motifs is 1. The molecule has 2 atom stereocenters. The predicted octanol–water partition coefficient (Wildman–Crippen LogP) is -0.0841. The van der Waals surface area contributed by atoms with Crippen molar-refractivity contribution in [2.24, 2.45) is 5.92 Å². The molecule has 0 aromatic heterocycles. The largest absolute Gasteiger partial charge is 0.316 e. The summed E-state index contributed by atoms with van der Waals surface area (Å²) in [6.45, 7) is 3.50. The fraction of sp³-hybridized carbons (Fsp3) is 1.00. The number of rotatable bonds is 0. The number of hydrogen-bond donors (Lipinski definition) is 3. The van der Waals surface area contributed by atoms with E-state index in [1.54, 1.807) is 0 Å². The monoisotopic (exact) mass is 199 g/mol. The van der Waals surface area contributed by atoms with Crippen molar-refractivity contribution < 1.29 is 0 Å². The zero-order chi connectivity index (χ0) is 6.10. The van der Waals surface area contributed by atoms with Crippen molar-refractivity contribution >= 4 is 24.8 Å². The Bertz CT molecular complexity index is 100. The average molecular weight is 200 g/mol. The summed E-state index contributed by atoms with van der Waals surface area (Å²) in [5.74, 6) is 0.832. The first-order valence-electron chi connectivity index (χ1n) is 3.66. The van der Waals surface area contributed by atoms with Gasteiger partial charge < -0.3 is 5.32 Å². The van der Waals surface area contributed by atoms with Crippen LogP contribution in [0.5, 0.6) is 0 Å². The minimum absolute atomic E-state index is 0. The second kappa shape index (κ2) is 5.17. The molecule has 5 heteroatoms. The Balaban J connectivity index is 0.000000500. The normalized spacial score (nSPS) is 34.9. The Morgan fingerprint density at radius 1 is 1.09 bits per heavy atom. The van der Waals surface area contributed by atoms with Crippen LogP contribution >= 0.6 is 24.8 Å². The molecule has 68 valence electrons. The van der Waals surface area contributed by atoms with Crippen molar-refractivity contribution in [3.63, 3.8) is 0 Å². The summed E-state index contributed by atoms with van der Waals surface area (Å²) in [5.41, 5.74) is 6.44. The smallest absolute Gasteiger partial charge is 0.0278 e. The lowest BCUT2D eigenvalue weighted by atomic mass is 9.96. The molecule has 0 aliphatic carbocycles. The van der Waals surface area contributed by atoms with Crippen LogP contribution in [0.1, 0.15) is 6.42 Å². The molecule has 0 bridgehead atoms. The number of piperidine rings is 1. The van der Waals surface area contributed by atoms with Crippen LogP contribution < -0.4 is 16.2 Å². The zero-order valence-corrected chi connectivity index (χ0v) is 7.93. The Kier molecular flexibility index (Phi) is 5.38. The quantitative estimate of drug-likeness (QED) is 0.511. The lowest BCUT2D eigenvalue weighted by molar-refractivity contribution is 0.352. The van der Waals surface area contributed by atoms with Crippen LogP contribution in [0.15, 0.2) is 0 Å². The summed E-state index contributed by atoms with van der Waals surface area (Å²) in [5, 5.41) is 3.38. The van der Waals surface area contributed by atoms with Gasteiger partial charge in [0.05, 0.1) is 0 Å². The molecule has 2 aliphatic heterocycles. The van der Waals surface area contributed by atoms with Gasteiger partial charge in [0.25, 0.3) is 0 Å². The molecule has 3 N–H and O–H groups in total. The van der Waals surface area contributed by atoms with Gasteiger partial charge >= 0.3 is 0 Å². The van der Waals surface area contributed by atoms with E-state index in [9.17, 15) is 0 Å². The maximum absolute atomic E-state index is 3.38. The molecule has 2 heterocycles.